The SMILES string of the molecule is CCC1CCC(CNC(=O)N[C@@H]2[C@@H]3CCO[C@H]3C2(C)C)CC1. The van der Waals surface area contributed by atoms with Gasteiger partial charge in [-0.15, -0.1) is 0 Å². The molecule has 3 atom stereocenters. The number of hydrogen-bond donors (Lipinski definition) is 2. The number of hydrogen-bond acceptors (Lipinski definition) is 2. The highest BCUT2D eigenvalue weighted by Gasteiger charge is 2.59. The van der Waals surface area contributed by atoms with Gasteiger partial charge < -0.3 is 15.4 Å². The van der Waals surface area contributed by atoms with Crippen molar-refractivity contribution in [2.75, 3.05) is 13.2 Å². The summed E-state index contributed by atoms with van der Waals surface area (Å²) in [6, 6.07) is 0.275. The van der Waals surface area contributed by atoms with E-state index in [2.05, 4.69) is 31.4 Å². The molecule has 22 heavy (non-hydrogen) atoms. The van der Waals surface area contributed by atoms with E-state index in [-0.39, 0.29) is 17.5 Å². The van der Waals surface area contributed by atoms with Crippen LogP contribution in [0.3, 0.4) is 0 Å². The molecule has 0 aromatic rings. The van der Waals surface area contributed by atoms with Crippen molar-refractivity contribution in [2.45, 2.75) is 71.4 Å². The van der Waals surface area contributed by atoms with Gasteiger partial charge in [0.05, 0.1) is 6.10 Å². The minimum absolute atomic E-state index is 0.0149. The summed E-state index contributed by atoms with van der Waals surface area (Å²) < 4.78 is 5.78. The molecule has 1 aliphatic heterocycles. The van der Waals surface area contributed by atoms with Crippen LogP contribution in [0.5, 0.6) is 0 Å². The standard InChI is InChI=1S/C18H32N2O2/c1-4-12-5-7-13(8-6-12)11-19-17(21)20-15-14-9-10-22-16(14)18(15,2)3/h12-16H,4-11H2,1-3H3,(H2,19,20,21)/t12?,13?,14-,15+,16+/m0/s1. The predicted molar refractivity (Wildman–Crippen MR) is 87.7 cm³/mol. The molecule has 0 radical (unpaired) electrons. The third-order valence-corrected chi connectivity index (χ3v) is 6.48. The summed E-state index contributed by atoms with van der Waals surface area (Å²) in [6.07, 6.45) is 7.94. The van der Waals surface area contributed by atoms with Gasteiger partial charge in [0.1, 0.15) is 0 Å². The number of nitrogens with one attached hydrogen (secondary N) is 2. The van der Waals surface area contributed by atoms with Crippen LogP contribution in [0.2, 0.25) is 0 Å². The Labute approximate surface area is 134 Å². The van der Waals surface area contributed by atoms with E-state index in [9.17, 15) is 4.79 Å². The second-order valence-electron chi connectivity index (χ2n) is 8.19. The Kier molecular flexibility index (Phi) is 4.67. The largest absolute Gasteiger partial charge is 0.377 e. The van der Waals surface area contributed by atoms with Crippen LogP contribution in [-0.2, 0) is 4.74 Å². The third kappa shape index (κ3) is 2.99. The Balaban J connectivity index is 1.40. The smallest absolute Gasteiger partial charge is 0.315 e. The Morgan fingerprint density at radius 1 is 1.14 bits per heavy atom. The minimum Gasteiger partial charge on any atom is -0.377 e. The zero-order chi connectivity index (χ0) is 15.7. The quantitative estimate of drug-likeness (QED) is 0.837. The molecule has 1 heterocycles. The molecule has 2 saturated carbocycles. The van der Waals surface area contributed by atoms with Gasteiger partial charge in [0.25, 0.3) is 0 Å². The van der Waals surface area contributed by atoms with Crippen LogP contribution in [0.1, 0.15) is 59.3 Å². The second kappa shape index (κ2) is 6.38. The number of amides is 2. The Bertz CT molecular complexity index is 402. The first-order chi connectivity index (χ1) is 10.5. The average Bonchev–Trinajstić information content (AvgIpc) is 2.98. The van der Waals surface area contributed by atoms with Gasteiger partial charge >= 0.3 is 6.03 Å². The van der Waals surface area contributed by atoms with E-state index >= 15 is 0 Å². The molecule has 126 valence electrons. The highest BCUT2D eigenvalue weighted by atomic mass is 16.5. The van der Waals surface area contributed by atoms with Gasteiger partial charge in [-0.2, -0.15) is 0 Å². The molecular weight excluding hydrogens is 276 g/mol. The molecule has 4 nitrogen and oxygen atoms in total. The molecule has 1 saturated heterocycles. The molecule has 2 amide bonds. The van der Waals surface area contributed by atoms with Crippen molar-refractivity contribution in [2.24, 2.45) is 23.2 Å². The van der Waals surface area contributed by atoms with Gasteiger partial charge in [-0.25, -0.2) is 4.79 Å². The molecule has 3 rings (SSSR count). The van der Waals surface area contributed by atoms with Crippen molar-refractivity contribution >= 4 is 6.03 Å². The highest BCUT2D eigenvalue weighted by Crippen LogP contribution is 2.52. The van der Waals surface area contributed by atoms with Crippen LogP contribution < -0.4 is 10.6 Å². The van der Waals surface area contributed by atoms with E-state index in [1.807, 2.05) is 0 Å². The lowest BCUT2D eigenvalue weighted by molar-refractivity contribution is -0.108. The molecule has 0 bridgehead atoms. The van der Waals surface area contributed by atoms with Crippen molar-refractivity contribution in [1.29, 1.82) is 0 Å². The van der Waals surface area contributed by atoms with Crippen LogP contribution in [0, 0.1) is 23.2 Å². The lowest BCUT2D eigenvalue weighted by Gasteiger charge is -2.54. The molecule has 4 heteroatoms. The van der Waals surface area contributed by atoms with Crippen LogP contribution in [0.15, 0.2) is 0 Å². The molecule has 0 aromatic carbocycles. The lowest BCUT2D eigenvalue weighted by Crippen LogP contribution is -2.67. The van der Waals surface area contributed by atoms with Gasteiger partial charge in [-0.1, -0.05) is 40.0 Å². The lowest BCUT2D eigenvalue weighted by atomic mass is 9.57. The highest BCUT2D eigenvalue weighted by molar-refractivity contribution is 5.74. The first kappa shape index (κ1) is 16.1. The van der Waals surface area contributed by atoms with Gasteiger partial charge in [0.2, 0.25) is 0 Å². The van der Waals surface area contributed by atoms with E-state index in [0.717, 1.165) is 25.5 Å². The molecular formula is C18H32N2O2. The summed E-state index contributed by atoms with van der Waals surface area (Å²) in [6.45, 7) is 8.38. The van der Waals surface area contributed by atoms with E-state index < -0.39 is 0 Å². The fourth-order valence-corrected chi connectivity index (χ4v) is 4.89. The molecule has 3 aliphatic rings. The maximum atomic E-state index is 12.2. The predicted octanol–water partition coefficient (Wildman–Crippen LogP) is 3.32. The number of ether oxygens (including phenoxy) is 1. The topological polar surface area (TPSA) is 50.4 Å². The Morgan fingerprint density at radius 2 is 1.82 bits per heavy atom. The minimum atomic E-state index is 0.0149. The third-order valence-electron chi connectivity index (χ3n) is 6.48. The Hall–Kier alpha value is -0.770. The summed E-state index contributed by atoms with van der Waals surface area (Å²) >= 11 is 0. The van der Waals surface area contributed by atoms with E-state index in [4.69, 9.17) is 4.74 Å². The normalized spacial score (nSPS) is 39.7. The van der Waals surface area contributed by atoms with Crippen molar-refractivity contribution in [1.82, 2.24) is 10.6 Å². The van der Waals surface area contributed by atoms with E-state index in [1.165, 1.54) is 32.1 Å². The van der Waals surface area contributed by atoms with E-state index in [0.29, 0.717) is 17.9 Å². The van der Waals surface area contributed by atoms with Crippen LogP contribution in [0.25, 0.3) is 0 Å². The summed E-state index contributed by atoms with van der Waals surface area (Å²) in [7, 11) is 0. The molecule has 2 aliphatic carbocycles. The number of rotatable bonds is 4. The summed E-state index contributed by atoms with van der Waals surface area (Å²) in [5.41, 5.74) is 0.0672. The van der Waals surface area contributed by atoms with Crippen LogP contribution >= 0.6 is 0 Å². The number of fused-ring (bicyclic) bond motifs is 1. The maximum Gasteiger partial charge on any atom is 0.315 e. The zero-order valence-corrected chi connectivity index (χ0v) is 14.4. The van der Waals surface area contributed by atoms with Gasteiger partial charge in [-0.05, 0) is 31.1 Å². The van der Waals surface area contributed by atoms with Gasteiger partial charge in [-0.3, -0.25) is 0 Å². The maximum absolute atomic E-state index is 12.2. The first-order valence-corrected chi connectivity index (χ1v) is 9.18. The zero-order valence-electron chi connectivity index (χ0n) is 14.4. The molecule has 0 spiro atoms. The van der Waals surface area contributed by atoms with Crippen molar-refractivity contribution in [3.63, 3.8) is 0 Å². The average molecular weight is 308 g/mol. The fraction of sp³-hybridized carbons (Fsp3) is 0.944. The second-order valence-corrected chi connectivity index (χ2v) is 8.19. The van der Waals surface area contributed by atoms with E-state index in [1.54, 1.807) is 0 Å². The van der Waals surface area contributed by atoms with Crippen molar-refractivity contribution in [3.05, 3.63) is 0 Å². The number of urea groups is 1. The Morgan fingerprint density at radius 3 is 2.50 bits per heavy atom. The first-order valence-electron chi connectivity index (χ1n) is 9.18. The van der Waals surface area contributed by atoms with Gasteiger partial charge in [0.15, 0.2) is 0 Å². The number of carbonyl (C=O) groups excluding carboxylic acids is 1. The van der Waals surface area contributed by atoms with Crippen LogP contribution in [-0.4, -0.2) is 31.3 Å². The molecule has 2 N–H and O–H groups in total. The summed E-state index contributed by atoms with van der Waals surface area (Å²) in [5, 5.41) is 6.32. The fourth-order valence-electron chi connectivity index (χ4n) is 4.89. The van der Waals surface area contributed by atoms with Crippen molar-refractivity contribution < 1.29 is 9.53 Å². The molecule has 0 aromatic heterocycles. The monoisotopic (exact) mass is 308 g/mol. The van der Waals surface area contributed by atoms with Crippen LogP contribution in [0.4, 0.5) is 4.79 Å². The molecule has 0 unspecified atom stereocenters. The molecule has 3 fully saturated rings. The summed E-state index contributed by atoms with van der Waals surface area (Å²) in [4.78, 5) is 12.2. The number of carbonyl (C=O) groups is 1. The van der Waals surface area contributed by atoms with Gasteiger partial charge in [0, 0.05) is 30.5 Å². The van der Waals surface area contributed by atoms with Crippen molar-refractivity contribution in [3.8, 4) is 0 Å². The summed E-state index contributed by atoms with van der Waals surface area (Å²) in [5.74, 6) is 2.10.